The summed E-state index contributed by atoms with van der Waals surface area (Å²) < 4.78 is 7.63. The number of methoxy groups -OCH3 is 1. The molecule has 2 rings (SSSR count). The van der Waals surface area contributed by atoms with Gasteiger partial charge in [-0.15, -0.1) is 11.6 Å². The maximum absolute atomic E-state index is 6.35. The molecule has 0 bridgehead atoms. The average molecular weight is 310 g/mol. The molecular weight excluding hydrogens is 286 g/mol. The van der Waals surface area contributed by atoms with E-state index in [2.05, 4.69) is 43.5 Å². The van der Waals surface area contributed by atoms with Gasteiger partial charge in [0, 0.05) is 12.1 Å². The molecule has 0 saturated heterocycles. The van der Waals surface area contributed by atoms with E-state index in [0.717, 1.165) is 29.2 Å². The lowest BCUT2D eigenvalue weighted by atomic mass is 10.0. The van der Waals surface area contributed by atoms with Crippen molar-refractivity contribution >= 4 is 22.6 Å². The molecular formula is C16H24ClN3O. The molecule has 1 aromatic heterocycles. The van der Waals surface area contributed by atoms with Gasteiger partial charge < -0.3 is 14.2 Å². The van der Waals surface area contributed by atoms with Crippen LogP contribution < -0.4 is 4.74 Å². The van der Waals surface area contributed by atoms with Crippen molar-refractivity contribution in [1.82, 2.24) is 14.5 Å². The van der Waals surface area contributed by atoms with Crippen LogP contribution in [0.5, 0.6) is 5.75 Å². The van der Waals surface area contributed by atoms with Crippen LogP contribution in [0, 0.1) is 0 Å². The van der Waals surface area contributed by atoms with Gasteiger partial charge in [0.1, 0.15) is 17.1 Å². The fourth-order valence-electron chi connectivity index (χ4n) is 2.30. The summed E-state index contributed by atoms with van der Waals surface area (Å²) in [6.45, 7) is 7.19. The quantitative estimate of drug-likeness (QED) is 0.789. The number of halogens is 1. The molecule has 21 heavy (non-hydrogen) atoms. The number of aromatic nitrogens is 2. The van der Waals surface area contributed by atoms with E-state index >= 15 is 0 Å². The summed E-state index contributed by atoms with van der Waals surface area (Å²) in [5.74, 6) is 1.67. The largest absolute Gasteiger partial charge is 0.494 e. The predicted octanol–water partition coefficient (Wildman–Crippen LogP) is 3.68. The third-order valence-corrected chi connectivity index (χ3v) is 4.30. The number of para-hydroxylation sites is 1. The van der Waals surface area contributed by atoms with E-state index < -0.39 is 0 Å². The number of ether oxygens (including phenoxy) is 1. The molecule has 116 valence electrons. The first-order valence-corrected chi connectivity index (χ1v) is 7.56. The number of hydrogen-bond acceptors (Lipinski definition) is 3. The second kappa shape index (κ2) is 5.85. The molecule has 0 N–H and O–H groups in total. The average Bonchev–Trinajstić information content (AvgIpc) is 2.77. The SMILES string of the molecule is COc1cccc2c1nc(C(C)Cl)n2CC(C)(C)N(C)C. The Labute approximate surface area is 131 Å². The Kier molecular flexibility index (Phi) is 4.49. The summed E-state index contributed by atoms with van der Waals surface area (Å²) in [5.41, 5.74) is 1.93. The summed E-state index contributed by atoms with van der Waals surface area (Å²) in [6.07, 6.45) is 0. The van der Waals surface area contributed by atoms with Crippen LogP contribution in [0.4, 0.5) is 0 Å². The van der Waals surface area contributed by atoms with E-state index in [1.165, 1.54) is 0 Å². The van der Waals surface area contributed by atoms with E-state index in [1.54, 1.807) is 7.11 Å². The molecule has 2 aromatic rings. The molecule has 0 spiro atoms. The molecule has 0 saturated carbocycles. The van der Waals surface area contributed by atoms with Crippen molar-refractivity contribution < 1.29 is 4.74 Å². The molecule has 1 heterocycles. The maximum Gasteiger partial charge on any atom is 0.146 e. The minimum absolute atomic E-state index is 0.00274. The van der Waals surface area contributed by atoms with Gasteiger partial charge in [-0.2, -0.15) is 0 Å². The molecule has 0 radical (unpaired) electrons. The Hall–Kier alpha value is -1.26. The monoisotopic (exact) mass is 309 g/mol. The summed E-state index contributed by atoms with van der Waals surface area (Å²) in [5, 5.41) is -0.153. The first-order valence-electron chi connectivity index (χ1n) is 7.12. The molecule has 4 nitrogen and oxygen atoms in total. The second-order valence-electron chi connectivity index (χ2n) is 6.21. The lowest BCUT2D eigenvalue weighted by molar-refractivity contribution is 0.170. The summed E-state index contributed by atoms with van der Waals surface area (Å²) in [6, 6.07) is 5.99. The van der Waals surface area contributed by atoms with Crippen LogP contribution in [0.3, 0.4) is 0 Å². The molecule has 0 amide bonds. The lowest BCUT2D eigenvalue weighted by Gasteiger charge is -2.33. The number of fused-ring (bicyclic) bond motifs is 1. The normalized spacial score (nSPS) is 13.9. The highest BCUT2D eigenvalue weighted by molar-refractivity contribution is 6.20. The van der Waals surface area contributed by atoms with Crippen LogP contribution in [0.25, 0.3) is 11.0 Å². The lowest BCUT2D eigenvalue weighted by Crippen LogP contribution is -2.42. The highest BCUT2D eigenvalue weighted by Crippen LogP contribution is 2.31. The molecule has 1 atom stereocenters. The topological polar surface area (TPSA) is 30.3 Å². The Morgan fingerprint density at radius 1 is 1.38 bits per heavy atom. The van der Waals surface area contributed by atoms with E-state index in [-0.39, 0.29) is 10.9 Å². The Bertz CT molecular complexity index is 632. The van der Waals surface area contributed by atoms with Crippen molar-refractivity contribution in [3.8, 4) is 5.75 Å². The van der Waals surface area contributed by atoms with Crippen LogP contribution in [0.15, 0.2) is 18.2 Å². The molecule has 5 heteroatoms. The van der Waals surface area contributed by atoms with E-state index in [4.69, 9.17) is 21.3 Å². The molecule has 0 aliphatic heterocycles. The highest BCUT2D eigenvalue weighted by atomic mass is 35.5. The zero-order chi connectivity index (χ0) is 15.8. The van der Waals surface area contributed by atoms with Gasteiger partial charge in [0.2, 0.25) is 0 Å². The van der Waals surface area contributed by atoms with Gasteiger partial charge in [-0.1, -0.05) is 6.07 Å². The van der Waals surface area contributed by atoms with Crippen molar-refractivity contribution in [3.63, 3.8) is 0 Å². The van der Waals surface area contributed by atoms with Gasteiger partial charge in [-0.05, 0) is 47.0 Å². The summed E-state index contributed by atoms with van der Waals surface area (Å²) in [4.78, 5) is 6.92. The third-order valence-electron chi connectivity index (χ3n) is 4.10. The molecule has 0 aliphatic rings. The van der Waals surface area contributed by atoms with Gasteiger partial charge in [-0.3, -0.25) is 0 Å². The first kappa shape index (κ1) is 16.1. The standard InChI is InChI=1S/C16H24ClN3O/c1-11(17)15-18-14-12(8-7-9-13(14)21-6)20(15)10-16(2,3)19(4)5/h7-9,11H,10H2,1-6H3. The number of nitrogens with zero attached hydrogens (tertiary/aromatic N) is 3. The molecule has 1 unspecified atom stereocenters. The zero-order valence-electron chi connectivity index (χ0n) is 13.6. The maximum atomic E-state index is 6.35. The predicted molar refractivity (Wildman–Crippen MR) is 88.3 cm³/mol. The van der Waals surface area contributed by atoms with Crippen LogP contribution in [0.2, 0.25) is 0 Å². The van der Waals surface area contributed by atoms with Crippen molar-refractivity contribution in [2.24, 2.45) is 0 Å². The smallest absolute Gasteiger partial charge is 0.146 e. The first-order chi connectivity index (χ1) is 9.77. The minimum Gasteiger partial charge on any atom is -0.494 e. The summed E-state index contributed by atoms with van der Waals surface area (Å²) >= 11 is 6.35. The molecule has 0 fully saturated rings. The van der Waals surface area contributed by atoms with Crippen molar-refractivity contribution in [2.45, 2.75) is 38.2 Å². The number of alkyl halides is 1. The zero-order valence-corrected chi connectivity index (χ0v) is 14.4. The van der Waals surface area contributed by atoms with Crippen LogP contribution in [0.1, 0.15) is 32.0 Å². The number of imidazole rings is 1. The van der Waals surface area contributed by atoms with Gasteiger partial charge in [0.15, 0.2) is 0 Å². The van der Waals surface area contributed by atoms with Crippen molar-refractivity contribution in [3.05, 3.63) is 24.0 Å². The number of hydrogen-bond donors (Lipinski definition) is 0. The van der Waals surface area contributed by atoms with Crippen LogP contribution in [-0.2, 0) is 6.54 Å². The number of benzene rings is 1. The van der Waals surface area contributed by atoms with Gasteiger partial charge in [0.05, 0.1) is 18.0 Å². The second-order valence-corrected chi connectivity index (χ2v) is 6.86. The van der Waals surface area contributed by atoms with E-state index in [1.807, 2.05) is 19.1 Å². The fourth-order valence-corrected chi connectivity index (χ4v) is 2.47. The third kappa shape index (κ3) is 3.01. The van der Waals surface area contributed by atoms with Crippen LogP contribution >= 0.6 is 11.6 Å². The number of rotatable bonds is 5. The summed E-state index contributed by atoms with van der Waals surface area (Å²) in [7, 11) is 5.84. The minimum atomic E-state index is -0.153. The number of likely N-dealkylation sites (N-methyl/N-ethyl adjacent to an activating group) is 1. The molecule has 0 aliphatic carbocycles. The Balaban J connectivity index is 2.63. The Morgan fingerprint density at radius 3 is 2.57 bits per heavy atom. The van der Waals surface area contributed by atoms with Crippen molar-refractivity contribution in [1.29, 1.82) is 0 Å². The van der Waals surface area contributed by atoms with Crippen molar-refractivity contribution in [2.75, 3.05) is 21.2 Å². The van der Waals surface area contributed by atoms with Gasteiger partial charge >= 0.3 is 0 Å². The highest BCUT2D eigenvalue weighted by Gasteiger charge is 2.26. The van der Waals surface area contributed by atoms with Gasteiger partial charge in [-0.25, -0.2) is 4.98 Å². The van der Waals surface area contributed by atoms with E-state index in [9.17, 15) is 0 Å². The van der Waals surface area contributed by atoms with Gasteiger partial charge in [0.25, 0.3) is 0 Å². The van der Waals surface area contributed by atoms with Crippen LogP contribution in [-0.4, -0.2) is 41.2 Å². The fraction of sp³-hybridized carbons (Fsp3) is 0.562. The molecule has 1 aromatic carbocycles. The Morgan fingerprint density at radius 2 is 2.05 bits per heavy atom. The van der Waals surface area contributed by atoms with E-state index in [0.29, 0.717) is 0 Å².